The molecular weight excluding hydrogens is 172 g/mol. The van der Waals surface area contributed by atoms with E-state index in [9.17, 15) is 10.2 Å². The first-order valence-corrected chi connectivity index (χ1v) is 4.60. The van der Waals surface area contributed by atoms with Gasteiger partial charge < -0.3 is 10.2 Å². The molecule has 0 atom stereocenters. The topological polar surface area (TPSA) is 40.5 Å². The number of phenols is 1. The number of aliphatic hydroxyl groups excluding tert-OH is 1. The van der Waals surface area contributed by atoms with Gasteiger partial charge in [-0.1, -0.05) is 12.1 Å². The average molecular weight is 180 g/mol. The number of rotatable bonds is 0. The van der Waals surface area contributed by atoms with Crippen LogP contribution in [-0.4, -0.2) is 16.0 Å². The van der Waals surface area contributed by atoms with Crippen LogP contribution in [0, 0.1) is 0 Å². The lowest BCUT2D eigenvalue weighted by Crippen LogP contribution is -1.94. The van der Waals surface area contributed by atoms with E-state index in [-0.39, 0.29) is 0 Å². The third kappa shape index (κ3) is 1.16. The van der Waals surface area contributed by atoms with E-state index in [1.807, 2.05) is 6.07 Å². The molecule has 12 heavy (non-hydrogen) atoms. The van der Waals surface area contributed by atoms with Crippen molar-refractivity contribution in [2.75, 3.05) is 5.75 Å². The summed E-state index contributed by atoms with van der Waals surface area (Å²) in [7, 11) is 0. The molecular formula is C9H8O2S. The van der Waals surface area contributed by atoms with Crippen molar-refractivity contribution in [3.8, 4) is 5.75 Å². The maximum atomic E-state index is 9.41. The van der Waals surface area contributed by atoms with E-state index in [1.54, 1.807) is 18.2 Å². The lowest BCUT2D eigenvalue weighted by atomic mass is 10.2. The number of fused-ring (bicyclic) bond motifs is 1. The van der Waals surface area contributed by atoms with Crippen molar-refractivity contribution in [2.45, 2.75) is 4.90 Å². The van der Waals surface area contributed by atoms with Crippen LogP contribution in [0.4, 0.5) is 0 Å². The molecule has 0 spiro atoms. The molecule has 1 heterocycles. The molecule has 1 aromatic rings. The van der Waals surface area contributed by atoms with Crippen LogP contribution < -0.4 is 0 Å². The summed E-state index contributed by atoms with van der Waals surface area (Å²) in [5.74, 6) is 1.20. The van der Waals surface area contributed by atoms with Crippen LogP contribution in [0.15, 0.2) is 28.9 Å². The third-order valence-electron chi connectivity index (χ3n) is 1.71. The third-order valence-corrected chi connectivity index (χ3v) is 2.88. The van der Waals surface area contributed by atoms with Crippen LogP contribution in [0.5, 0.6) is 5.75 Å². The first-order valence-electron chi connectivity index (χ1n) is 3.61. The van der Waals surface area contributed by atoms with Gasteiger partial charge in [-0.05, 0) is 17.7 Å². The molecule has 0 bridgehead atoms. The Morgan fingerprint density at radius 3 is 2.92 bits per heavy atom. The lowest BCUT2D eigenvalue weighted by Gasteiger charge is -2.12. The van der Waals surface area contributed by atoms with Gasteiger partial charge >= 0.3 is 0 Å². The van der Waals surface area contributed by atoms with E-state index >= 15 is 0 Å². The van der Waals surface area contributed by atoms with Crippen molar-refractivity contribution in [3.05, 3.63) is 29.5 Å². The minimum atomic E-state index is 0.293. The van der Waals surface area contributed by atoms with Crippen molar-refractivity contribution in [2.24, 2.45) is 0 Å². The zero-order chi connectivity index (χ0) is 8.55. The summed E-state index contributed by atoms with van der Waals surface area (Å²) in [6.07, 6.45) is 1.69. The first kappa shape index (κ1) is 7.55. The minimum absolute atomic E-state index is 0.293. The maximum Gasteiger partial charge on any atom is 0.129 e. The van der Waals surface area contributed by atoms with Gasteiger partial charge in [0.25, 0.3) is 0 Å². The Morgan fingerprint density at radius 1 is 1.25 bits per heavy atom. The normalized spacial score (nSPS) is 15.2. The number of benzene rings is 1. The Morgan fingerprint density at radius 2 is 2.08 bits per heavy atom. The monoisotopic (exact) mass is 180 g/mol. The Balaban J connectivity index is 2.57. The molecule has 2 N–H and O–H groups in total. The van der Waals surface area contributed by atoms with Gasteiger partial charge in [0.05, 0.1) is 10.6 Å². The number of hydrogen-bond donors (Lipinski definition) is 2. The fourth-order valence-corrected chi connectivity index (χ4v) is 2.07. The van der Waals surface area contributed by atoms with Crippen LogP contribution in [0.1, 0.15) is 5.56 Å². The summed E-state index contributed by atoms with van der Waals surface area (Å²) in [4.78, 5) is 0.857. The fourth-order valence-electron chi connectivity index (χ4n) is 1.18. The second kappa shape index (κ2) is 2.75. The first-order chi connectivity index (χ1) is 5.77. The Labute approximate surface area is 74.5 Å². The van der Waals surface area contributed by atoms with Crippen LogP contribution in [0.3, 0.4) is 0 Å². The quantitative estimate of drug-likeness (QED) is 0.644. The minimum Gasteiger partial charge on any atom is -0.511 e. The number of thioether (sulfide) groups is 1. The Kier molecular flexibility index (Phi) is 1.73. The van der Waals surface area contributed by atoms with Crippen LogP contribution >= 0.6 is 11.8 Å². The fraction of sp³-hybridized carbons (Fsp3) is 0.111. The number of phenolic OH excluding ortho intramolecular Hbond substituents is 1. The predicted molar refractivity (Wildman–Crippen MR) is 49.4 cm³/mol. The summed E-state index contributed by atoms with van der Waals surface area (Å²) in [6.45, 7) is 0. The maximum absolute atomic E-state index is 9.41. The van der Waals surface area contributed by atoms with E-state index in [4.69, 9.17) is 0 Å². The van der Waals surface area contributed by atoms with Gasteiger partial charge in [0.2, 0.25) is 0 Å². The van der Waals surface area contributed by atoms with E-state index in [1.165, 1.54) is 11.8 Å². The van der Waals surface area contributed by atoms with E-state index < -0.39 is 0 Å². The second-order valence-corrected chi connectivity index (χ2v) is 3.61. The summed E-state index contributed by atoms with van der Waals surface area (Å²) in [6, 6.07) is 5.29. The van der Waals surface area contributed by atoms with E-state index in [2.05, 4.69) is 0 Å². The predicted octanol–water partition coefficient (Wildman–Crippen LogP) is 2.40. The van der Waals surface area contributed by atoms with Gasteiger partial charge in [-0.2, -0.15) is 0 Å². The molecule has 0 saturated carbocycles. The van der Waals surface area contributed by atoms with Crippen molar-refractivity contribution >= 4 is 17.8 Å². The molecule has 0 fully saturated rings. The highest BCUT2D eigenvalue weighted by molar-refractivity contribution is 7.99. The molecule has 0 saturated heterocycles. The summed E-state index contributed by atoms with van der Waals surface area (Å²) < 4.78 is 0. The summed E-state index contributed by atoms with van der Waals surface area (Å²) in [5.41, 5.74) is 0.892. The van der Waals surface area contributed by atoms with Gasteiger partial charge in [0, 0.05) is 0 Å². The highest BCUT2D eigenvalue weighted by Gasteiger charge is 2.12. The van der Waals surface area contributed by atoms with Gasteiger partial charge in [-0.25, -0.2) is 0 Å². The van der Waals surface area contributed by atoms with Crippen molar-refractivity contribution in [3.63, 3.8) is 0 Å². The van der Waals surface area contributed by atoms with Crippen molar-refractivity contribution in [1.82, 2.24) is 0 Å². The number of aliphatic hydroxyl groups is 1. The van der Waals surface area contributed by atoms with Gasteiger partial charge in [-0.3, -0.25) is 0 Å². The summed E-state index contributed by atoms with van der Waals surface area (Å²) >= 11 is 1.46. The highest BCUT2D eigenvalue weighted by Crippen LogP contribution is 2.37. The average Bonchev–Trinajstić information content (AvgIpc) is 2.04. The Bertz CT molecular complexity index is 344. The highest BCUT2D eigenvalue weighted by atomic mass is 32.2. The molecule has 1 aliphatic rings. The molecule has 1 aromatic carbocycles. The van der Waals surface area contributed by atoms with Crippen LogP contribution in [0.2, 0.25) is 0 Å². The molecule has 62 valence electrons. The molecule has 1 aliphatic heterocycles. The summed E-state index contributed by atoms with van der Waals surface area (Å²) in [5, 5.41) is 18.6. The molecule has 0 aliphatic carbocycles. The molecule has 0 radical (unpaired) electrons. The van der Waals surface area contributed by atoms with Gasteiger partial charge in [-0.15, -0.1) is 11.8 Å². The number of aromatic hydroxyl groups is 1. The van der Waals surface area contributed by atoms with Crippen LogP contribution in [-0.2, 0) is 0 Å². The lowest BCUT2D eigenvalue weighted by molar-refractivity contribution is 0.421. The van der Waals surface area contributed by atoms with Crippen molar-refractivity contribution < 1.29 is 10.2 Å². The molecule has 2 nitrogen and oxygen atoms in total. The molecule has 0 amide bonds. The van der Waals surface area contributed by atoms with Crippen molar-refractivity contribution in [1.29, 1.82) is 0 Å². The number of hydrogen-bond acceptors (Lipinski definition) is 3. The molecule has 2 rings (SSSR count). The second-order valence-electron chi connectivity index (χ2n) is 2.62. The zero-order valence-electron chi connectivity index (χ0n) is 6.32. The Hall–Kier alpha value is -1.09. The zero-order valence-corrected chi connectivity index (χ0v) is 7.14. The SMILES string of the molecule is OC1=Cc2cccc(O)c2SC1. The standard InChI is InChI=1S/C9H8O2S/c10-7-4-6-2-1-3-8(11)9(6)12-5-7/h1-4,10-11H,5H2. The van der Waals surface area contributed by atoms with E-state index in [0.717, 1.165) is 10.5 Å². The van der Waals surface area contributed by atoms with Gasteiger partial charge in [0.15, 0.2) is 0 Å². The molecule has 0 aromatic heterocycles. The smallest absolute Gasteiger partial charge is 0.129 e. The largest absolute Gasteiger partial charge is 0.511 e. The van der Waals surface area contributed by atoms with Gasteiger partial charge in [0.1, 0.15) is 11.5 Å². The molecule has 0 unspecified atom stereocenters. The molecule has 3 heteroatoms. The van der Waals surface area contributed by atoms with Crippen LogP contribution in [0.25, 0.3) is 6.08 Å². The van der Waals surface area contributed by atoms with E-state index in [0.29, 0.717) is 17.3 Å².